The van der Waals surface area contributed by atoms with Crippen LogP contribution < -0.4 is 5.73 Å². The van der Waals surface area contributed by atoms with Crippen LogP contribution in [0.3, 0.4) is 0 Å². The van der Waals surface area contributed by atoms with Crippen LogP contribution >= 0.6 is 27.5 Å². The van der Waals surface area contributed by atoms with Gasteiger partial charge in [0.1, 0.15) is 0 Å². The Labute approximate surface area is 213 Å². The van der Waals surface area contributed by atoms with E-state index in [-0.39, 0.29) is 18.1 Å². The lowest BCUT2D eigenvalue weighted by atomic mass is 9.93. The Kier molecular flexibility index (Phi) is 6.86. The summed E-state index contributed by atoms with van der Waals surface area (Å²) in [5.74, 6) is 0. The van der Waals surface area contributed by atoms with Gasteiger partial charge in [-0.25, -0.2) is 4.79 Å². The number of hydrogen-bond acceptors (Lipinski definition) is 4. The molecular formula is C26H27BrClN5O. The summed E-state index contributed by atoms with van der Waals surface area (Å²) in [5.41, 5.74) is 11.8. The molecule has 2 N–H and O–H groups in total. The normalized spacial score (nSPS) is 18.6. The van der Waals surface area contributed by atoms with E-state index in [0.29, 0.717) is 6.54 Å². The molecule has 176 valence electrons. The summed E-state index contributed by atoms with van der Waals surface area (Å²) in [4.78, 5) is 25.6. The lowest BCUT2D eigenvalue weighted by Crippen LogP contribution is -2.49. The molecule has 1 aliphatic heterocycles. The fraction of sp³-hybridized carbons (Fsp3) is 0.346. The second-order valence-electron chi connectivity index (χ2n) is 9.03. The fourth-order valence-electron chi connectivity index (χ4n) is 5.31. The van der Waals surface area contributed by atoms with E-state index in [4.69, 9.17) is 22.3 Å². The molecule has 0 saturated carbocycles. The number of aryl methyl sites for hydroxylation is 2. The van der Waals surface area contributed by atoms with Gasteiger partial charge < -0.3 is 10.6 Å². The molecule has 1 unspecified atom stereocenters. The molecule has 1 fully saturated rings. The number of carbonyl (C=O) groups excluding carboxylic acids is 1. The topological polar surface area (TPSA) is 75.4 Å². The number of carbonyl (C=O) groups is 1. The minimum absolute atomic E-state index is 0.0704. The van der Waals surface area contributed by atoms with Gasteiger partial charge in [0.25, 0.3) is 0 Å². The summed E-state index contributed by atoms with van der Waals surface area (Å²) in [5, 5.41) is 0.768. The zero-order valence-corrected chi connectivity index (χ0v) is 21.2. The van der Waals surface area contributed by atoms with Gasteiger partial charge in [-0.05, 0) is 94.2 Å². The molecule has 1 aliphatic carbocycles. The first-order valence-corrected chi connectivity index (χ1v) is 12.8. The minimum Gasteiger partial charge on any atom is -0.351 e. The average Bonchev–Trinajstić information content (AvgIpc) is 2.99. The Balaban J connectivity index is 1.40. The quantitative estimate of drug-likeness (QED) is 0.498. The predicted molar refractivity (Wildman–Crippen MR) is 137 cm³/mol. The number of benzene rings is 1. The van der Waals surface area contributed by atoms with E-state index in [1.807, 2.05) is 24.4 Å². The van der Waals surface area contributed by atoms with Crippen LogP contribution in [0.25, 0.3) is 0 Å². The molecule has 8 heteroatoms. The molecule has 2 aromatic heterocycles. The number of hydrogen-bond donors (Lipinski definition) is 1. The molecule has 3 heterocycles. The summed E-state index contributed by atoms with van der Waals surface area (Å²) in [6.45, 7) is 2.22. The number of likely N-dealkylation sites (tertiary alicyclic amines) is 1. The summed E-state index contributed by atoms with van der Waals surface area (Å²) < 4.78 is 1.00. The average molecular weight is 541 g/mol. The first-order chi connectivity index (χ1) is 16.5. The van der Waals surface area contributed by atoms with Crippen molar-refractivity contribution < 1.29 is 4.79 Å². The number of amides is 2. The van der Waals surface area contributed by atoms with Crippen LogP contribution in [0.4, 0.5) is 4.79 Å². The third kappa shape index (κ3) is 4.83. The standard InChI is InChI=1S/C26H27BrClN5O/c27-20-13-19-2-1-18-14-21(28)3-4-23(18)25(24(19)31-15-20)32-11-7-22(8-12-32)33(26(29)34)16-17-5-9-30-10-6-17/h3-6,9-10,13-15,22,25H,1-2,7-8,11-12,16H2,(H2,29,34). The van der Waals surface area contributed by atoms with Gasteiger partial charge in [0, 0.05) is 53.8 Å². The lowest BCUT2D eigenvalue weighted by Gasteiger charge is -2.41. The van der Waals surface area contributed by atoms with Crippen molar-refractivity contribution in [2.75, 3.05) is 13.1 Å². The highest BCUT2D eigenvalue weighted by atomic mass is 79.9. The zero-order valence-electron chi connectivity index (χ0n) is 18.8. The second kappa shape index (κ2) is 10.0. The van der Waals surface area contributed by atoms with E-state index in [2.05, 4.69) is 44.0 Å². The van der Waals surface area contributed by atoms with E-state index in [1.165, 1.54) is 16.7 Å². The third-order valence-corrected chi connectivity index (χ3v) is 7.65. The van der Waals surface area contributed by atoms with Crippen LogP contribution in [-0.2, 0) is 19.4 Å². The van der Waals surface area contributed by atoms with E-state index < -0.39 is 0 Å². The van der Waals surface area contributed by atoms with E-state index in [0.717, 1.165) is 59.5 Å². The Morgan fingerprint density at radius 3 is 2.59 bits per heavy atom. The van der Waals surface area contributed by atoms with Crippen molar-refractivity contribution in [2.24, 2.45) is 5.73 Å². The molecule has 1 saturated heterocycles. The molecule has 1 aromatic carbocycles. The van der Waals surface area contributed by atoms with Crippen molar-refractivity contribution in [1.29, 1.82) is 0 Å². The Hall–Kier alpha value is -2.48. The molecule has 6 nitrogen and oxygen atoms in total. The van der Waals surface area contributed by atoms with Gasteiger partial charge in [0.2, 0.25) is 0 Å². The Morgan fingerprint density at radius 2 is 1.85 bits per heavy atom. The van der Waals surface area contributed by atoms with Gasteiger partial charge >= 0.3 is 6.03 Å². The summed E-state index contributed by atoms with van der Waals surface area (Å²) >= 11 is 9.95. The molecule has 2 amide bonds. The van der Waals surface area contributed by atoms with Crippen LogP contribution in [0.2, 0.25) is 5.02 Å². The lowest BCUT2D eigenvalue weighted by molar-refractivity contribution is 0.104. The molecule has 2 aliphatic rings. The number of primary amides is 1. The maximum absolute atomic E-state index is 12.3. The number of fused-ring (bicyclic) bond motifs is 2. The molecule has 0 spiro atoms. The van der Waals surface area contributed by atoms with Crippen molar-refractivity contribution in [3.8, 4) is 0 Å². The van der Waals surface area contributed by atoms with Crippen molar-refractivity contribution in [3.63, 3.8) is 0 Å². The SMILES string of the molecule is NC(=O)N(Cc1ccncc1)C1CCN(C2c3ccc(Cl)cc3CCc3cc(Br)cnc32)CC1. The minimum atomic E-state index is -0.374. The van der Waals surface area contributed by atoms with Gasteiger partial charge in [0.15, 0.2) is 0 Å². The van der Waals surface area contributed by atoms with Crippen LogP contribution in [0.15, 0.2) is 59.5 Å². The van der Waals surface area contributed by atoms with Gasteiger partial charge in [0.05, 0.1) is 11.7 Å². The second-order valence-corrected chi connectivity index (χ2v) is 10.4. The summed E-state index contributed by atoms with van der Waals surface area (Å²) in [7, 11) is 0. The monoisotopic (exact) mass is 539 g/mol. The first-order valence-electron chi connectivity index (χ1n) is 11.6. The number of rotatable bonds is 4. The molecule has 5 rings (SSSR count). The fourth-order valence-corrected chi connectivity index (χ4v) is 5.88. The van der Waals surface area contributed by atoms with Crippen LogP contribution in [0.1, 0.15) is 46.8 Å². The van der Waals surface area contributed by atoms with Crippen LogP contribution in [0, 0.1) is 0 Å². The maximum Gasteiger partial charge on any atom is 0.315 e. The van der Waals surface area contributed by atoms with Gasteiger partial charge in [-0.15, -0.1) is 0 Å². The predicted octanol–water partition coefficient (Wildman–Crippen LogP) is 5.13. The van der Waals surface area contributed by atoms with Gasteiger partial charge in [-0.3, -0.25) is 14.9 Å². The number of nitrogens with zero attached hydrogens (tertiary/aromatic N) is 4. The highest BCUT2D eigenvalue weighted by Gasteiger charge is 2.34. The number of pyridine rings is 2. The van der Waals surface area contributed by atoms with Crippen LogP contribution in [-0.4, -0.2) is 44.9 Å². The van der Waals surface area contributed by atoms with Crippen LogP contribution in [0.5, 0.6) is 0 Å². The molecule has 1 atom stereocenters. The Morgan fingerprint density at radius 1 is 1.12 bits per heavy atom. The number of halogens is 2. The van der Waals surface area contributed by atoms with Crippen molar-refractivity contribution >= 4 is 33.6 Å². The van der Waals surface area contributed by atoms with E-state index in [1.54, 1.807) is 17.3 Å². The highest BCUT2D eigenvalue weighted by molar-refractivity contribution is 9.10. The van der Waals surface area contributed by atoms with Gasteiger partial charge in [-0.1, -0.05) is 17.7 Å². The highest BCUT2D eigenvalue weighted by Crippen LogP contribution is 2.39. The number of piperidine rings is 1. The Bertz CT molecular complexity index is 1130. The third-order valence-electron chi connectivity index (χ3n) is 6.98. The van der Waals surface area contributed by atoms with Crippen molar-refractivity contribution in [2.45, 2.75) is 44.3 Å². The molecule has 0 bridgehead atoms. The number of urea groups is 1. The van der Waals surface area contributed by atoms with E-state index in [9.17, 15) is 4.79 Å². The zero-order chi connectivity index (χ0) is 23.7. The smallest absolute Gasteiger partial charge is 0.315 e. The molecule has 34 heavy (non-hydrogen) atoms. The largest absolute Gasteiger partial charge is 0.351 e. The van der Waals surface area contributed by atoms with Crippen molar-refractivity contribution in [3.05, 3.63) is 92.4 Å². The molecule has 0 radical (unpaired) electrons. The number of aromatic nitrogens is 2. The first kappa shape index (κ1) is 23.3. The molecular weight excluding hydrogens is 514 g/mol. The number of nitrogens with two attached hydrogens (primary N) is 1. The van der Waals surface area contributed by atoms with E-state index >= 15 is 0 Å². The summed E-state index contributed by atoms with van der Waals surface area (Å²) in [6, 6.07) is 12.1. The summed E-state index contributed by atoms with van der Waals surface area (Å²) in [6.07, 6.45) is 8.98. The van der Waals surface area contributed by atoms with Gasteiger partial charge in [-0.2, -0.15) is 0 Å². The maximum atomic E-state index is 12.3. The molecule has 3 aromatic rings. The van der Waals surface area contributed by atoms with Crippen molar-refractivity contribution in [1.82, 2.24) is 19.8 Å².